The van der Waals surface area contributed by atoms with Gasteiger partial charge < -0.3 is 14.8 Å². The molecule has 0 radical (unpaired) electrons. The Labute approximate surface area is 196 Å². The molecule has 0 saturated carbocycles. The number of anilines is 1. The van der Waals surface area contributed by atoms with Crippen molar-refractivity contribution in [3.05, 3.63) is 73.2 Å². The van der Waals surface area contributed by atoms with Crippen molar-refractivity contribution in [2.45, 2.75) is 6.54 Å². The van der Waals surface area contributed by atoms with Gasteiger partial charge in [-0.25, -0.2) is 15.0 Å². The van der Waals surface area contributed by atoms with Crippen LogP contribution in [-0.2, 0) is 18.3 Å². The van der Waals surface area contributed by atoms with Crippen LogP contribution in [0.4, 0.5) is 5.82 Å². The van der Waals surface area contributed by atoms with Gasteiger partial charge in [0.15, 0.2) is 0 Å². The van der Waals surface area contributed by atoms with Crippen molar-refractivity contribution in [3.63, 3.8) is 0 Å². The van der Waals surface area contributed by atoms with Crippen molar-refractivity contribution in [2.75, 3.05) is 25.6 Å². The van der Waals surface area contributed by atoms with Crippen LogP contribution in [-0.4, -0.2) is 54.4 Å². The Morgan fingerprint density at radius 3 is 2.68 bits per heavy atom. The number of ether oxygens (including phenoxy) is 2. The molecule has 5 aromatic rings. The lowest BCUT2D eigenvalue weighted by molar-refractivity contribution is 0.146. The molecule has 5 heterocycles. The Balaban J connectivity index is 1.28. The second-order valence-corrected chi connectivity index (χ2v) is 7.67. The summed E-state index contributed by atoms with van der Waals surface area (Å²) in [6.07, 6.45) is 10.9. The first-order valence-electron chi connectivity index (χ1n) is 10.8. The van der Waals surface area contributed by atoms with Crippen LogP contribution in [0.2, 0.25) is 0 Å². The van der Waals surface area contributed by atoms with E-state index in [-0.39, 0.29) is 0 Å². The molecule has 0 atom stereocenters. The first kappa shape index (κ1) is 21.5. The fourth-order valence-corrected chi connectivity index (χ4v) is 3.52. The van der Waals surface area contributed by atoms with Gasteiger partial charge in [-0.05, 0) is 17.7 Å². The van der Waals surface area contributed by atoms with Gasteiger partial charge in [-0.15, -0.1) is 0 Å². The van der Waals surface area contributed by atoms with Gasteiger partial charge in [-0.1, -0.05) is 6.07 Å². The molecular formula is C24H24N8O2. The van der Waals surface area contributed by atoms with Gasteiger partial charge in [-0.3, -0.25) is 14.1 Å². The van der Waals surface area contributed by atoms with Gasteiger partial charge in [0, 0.05) is 57.0 Å². The number of nitrogens with zero attached hydrogens (tertiary/aromatic N) is 7. The first-order valence-corrected chi connectivity index (χ1v) is 10.8. The van der Waals surface area contributed by atoms with Crippen LogP contribution in [0, 0.1) is 0 Å². The Bertz CT molecular complexity index is 1390. The molecule has 34 heavy (non-hydrogen) atoms. The van der Waals surface area contributed by atoms with Crippen LogP contribution in [0.5, 0.6) is 5.75 Å². The Morgan fingerprint density at radius 1 is 0.941 bits per heavy atom. The maximum atomic E-state index is 5.67. The minimum Gasteiger partial charge on any atom is -0.491 e. The smallest absolute Gasteiger partial charge is 0.140 e. The van der Waals surface area contributed by atoms with Gasteiger partial charge in [0.2, 0.25) is 0 Å². The number of pyridine rings is 2. The predicted octanol–water partition coefficient (Wildman–Crippen LogP) is 3.22. The van der Waals surface area contributed by atoms with Crippen molar-refractivity contribution >= 4 is 11.5 Å². The summed E-state index contributed by atoms with van der Waals surface area (Å²) in [7, 11) is 3.54. The molecule has 0 amide bonds. The fraction of sp³-hybridized carbons (Fsp3) is 0.208. The lowest BCUT2D eigenvalue weighted by atomic mass is 10.2. The standard InChI is InChI=1S/C24H24N8O2/c1-31-15-18(13-30-31)20-4-3-17(11-25-20)12-26-23-10-21(28-16-29-23)22-14-27-24-9-19(5-6-32(22)24)34-8-7-33-2/h3-6,9-11,13-16H,7-8,12H2,1-2H3,(H,26,28,29). The number of rotatable bonds is 9. The minimum absolute atomic E-state index is 0.489. The number of hydrogen-bond donors (Lipinski definition) is 1. The Hall–Kier alpha value is -4.31. The highest BCUT2D eigenvalue weighted by molar-refractivity contribution is 5.63. The molecule has 5 rings (SSSR count). The molecule has 0 bridgehead atoms. The molecule has 0 unspecified atom stereocenters. The molecule has 0 fully saturated rings. The van der Waals surface area contributed by atoms with Gasteiger partial charge in [-0.2, -0.15) is 5.10 Å². The van der Waals surface area contributed by atoms with Crippen molar-refractivity contribution < 1.29 is 9.47 Å². The van der Waals surface area contributed by atoms with Crippen molar-refractivity contribution in [1.82, 2.24) is 34.1 Å². The van der Waals surface area contributed by atoms with Crippen molar-refractivity contribution in [1.29, 1.82) is 0 Å². The maximum absolute atomic E-state index is 5.67. The van der Waals surface area contributed by atoms with E-state index < -0.39 is 0 Å². The van der Waals surface area contributed by atoms with E-state index in [1.807, 2.05) is 60.4 Å². The Morgan fingerprint density at radius 2 is 1.88 bits per heavy atom. The summed E-state index contributed by atoms with van der Waals surface area (Å²) in [5.41, 5.74) is 5.33. The summed E-state index contributed by atoms with van der Waals surface area (Å²) in [4.78, 5) is 17.8. The number of methoxy groups -OCH3 is 1. The van der Waals surface area contributed by atoms with Gasteiger partial charge in [0.05, 0.1) is 36.1 Å². The summed E-state index contributed by atoms with van der Waals surface area (Å²) < 4.78 is 14.4. The summed E-state index contributed by atoms with van der Waals surface area (Å²) in [5.74, 6) is 1.46. The van der Waals surface area contributed by atoms with Gasteiger partial charge in [0.25, 0.3) is 0 Å². The monoisotopic (exact) mass is 456 g/mol. The lowest BCUT2D eigenvalue weighted by Gasteiger charge is -2.08. The van der Waals surface area contributed by atoms with Crippen molar-refractivity contribution in [3.8, 4) is 28.4 Å². The number of fused-ring (bicyclic) bond motifs is 1. The van der Waals surface area contributed by atoms with Crippen LogP contribution in [0.1, 0.15) is 5.56 Å². The average Bonchev–Trinajstić information content (AvgIpc) is 3.49. The highest BCUT2D eigenvalue weighted by Gasteiger charge is 2.10. The van der Waals surface area contributed by atoms with E-state index in [4.69, 9.17) is 9.47 Å². The third-order valence-corrected chi connectivity index (χ3v) is 5.27. The zero-order valence-electron chi connectivity index (χ0n) is 18.9. The van der Waals surface area contributed by atoms with E-state index >= 15 is 0 Å². The first-order chi connectivity index (χ1) is 16.7. The largest absolute Gasteiger partial charge is 0.491 e. The molecule has 0 aliphatic heterocycles. The number of aryl methyl sites for hydroxylation is 1. The van der Waals surface area contributed by atoms with Crippen LogP contribution in [0.3, 0.4) is 0 Å². The molecular weight excluding hydrogens is 432 g/mol. The topological polar surface area (TPSA) is 104 Å². The van der Waals surface area contributed by atoms with E-state index in [0.717, 1.165) is 45.4 Å². The second kappa shape index (κ2) is 9.67. The zero-order valence-corrected chi connectivity index (χ0v) is 18.9. The molecule has 10 heteroatoms. The summed E-state index contributed by atoms with van der Waals surface area (Å²) >= 11 is 0. The predicted molar refractivity (Wildman–Crippen MR) is 127 cm³/mol. The van der Waals surface area contributed by atoms with Crippen LogP contribution < -0.4 is 10.1 Å². The van der Waals surface area contributed by atoms with E-state index in [2.05, 4.69) is 30.4 Å². The average molecular weight is 457 g/mol. The van der Waals surface area contributed by atoms with E-state index in [0.29, 0.717) is 19.8 Å². The molecule has 5 aromatic heterocycles. The quantitative estimate of drug-likeness (QED) is 0.337. The van der Waals surface area contributed by atoms with Crippen LogP contribution in [0.15, 0.2) is 67.6 Å². The van der Waals surface area contributed by atoms with Gasteiger partial charge in [0.1, 0.15) is 30.1 Å². The molecule has 1 N–H and O–H groups in total. The Kier molecular flexibility index (Phi) is 6.13. The van der Waals surface area contributed by atoms with Crippen LogP contribution in [0.25, 0.3) is 28.3 Å². The number of nitrogens with one attached hydrogen (secondary N) is 1. The highest BCUT2D eigenvalue weighted by Crippen LogP contribution is 2.23. The number of aromatic nitrogens is 7. The van der Waals surface area contributed by atoms with Crippen LogP contribution >= 0.6 is 0 Å². The number of imidazole rings is 1. The molecule has 0 aliphatic rings. The van der Waals surface area contributed by atoms with E-state index in [1.165, 1.54) is 0 Å². The number of hydrogen-bond acceptors (Lipinski definition) is 8. The molecule has 172 valence electrons. The summed E-state index contributed by atoms with van der Waals surface area (Å²) in [6.45, 7) is 1.61. The molecule has 10 nitrogen and oxygen atoms in total. The fourth-order valence-electron chi connectivity index (χ4n) is 3.52. The summed E-state index contributed by atoms with van der Waals surface area (Å²) in [5, 5.41) is 7.54. The molecule has 0 saturated heterocycles. The maximum Gasteiger partial charge on any atom is 0.140 e. The minimum atomic E-state index is 0.489. The lowest BCUT2D eigenvalue weighted by Crippen LogP contribution is -2.04. The normalized spacial score (nSPS) is 11.1. The molecule has 0 spiro atoms. The third-order valence-electron chi connectivity index (χ3n) is 5.27. The third kappa shape index (κ3) is 4.71. The second-order valence-electron chi connectivity index (χ2n) is 7.67. The molecule has 0 aromatic carbocycles. The SMILES string of the molecule is COCCOc1ccn2c(-c3cc(NCc4ccc(-c5cnn(C)c5)nc4)ncn3)cnc2c1. The van der Waals surface area contributed by atoms with Crippen molar-refractivity contribution in [2.24, 2.45) is 7.05 Å². The van der Waals surface area contributed by atoms with E-state index in [9.17, 15) is 0 Å². The van der Waals surface area contributed by atoms with Gasteiger partial charge >= 0.3 is 0 Å². The molecule has 0 aliphatic carbocycles. The highest BCUT2D eigenvalue weighted by atomic mass is 16.5. The summed E-state index contributed by atoms with van der Waals surface area (Å²) in [6, 6.07) is 9.73. The zero-order chi connectivity index (χ0) is 23.3. The van der Waals surface area contributed by atoms with E-state index in [1.54, 1.807) is 30.5 Å².